The standard InChI is InChI=1S/C20H19F2NO3S/c1-4-26-19(25)13-10-23(11-20(2,3)14-7-8-27-17(13)14)18(24)12-5-6-15(21)16(22)9-12/h5-10H,4,11H2,1-3H3. The zero-order chi connectivity index (χ0) is 19.8. The molecule has 0 unspecified atom stereocenters. The summed E-state index contributed by atoms with van der Waals surface area (Å²) in [6.45, 7) is 6.12. The summed E-state index contributed by atoms with van der Waals surface area (Å²) < 4.78 is 31.9. The van der Waals surface area contributed by atoms with Gasteiger partial charge in [-0.1, -0.05) is 13.8 Å². The van der Waals surface area contributed by atoms with Gasteiger partial charge >= 0.3 is 5.97 Å². The number of esters is 1. The van der Waals surface area contributed by atoms with E-state index >= 15 is 0 Å². The highest BCUT2D eigenvalue weighted by atomic mass is 32.1. The van der Waals surface area contributed by atoms with Crippen molar-refractivity contribution in [2.45, 2.75) is 26.2 Å². The summed E-state index contributed by atoms with van der Waals surface area (Å²) in [6, 6.07) is 4.94. The van der Waals surface area contributed by atoms with Gasteiger partial charge in [0, 0.05) is 28.6 Å². The summed E-state index contributed by atoms with van der Waals surface area (Å²) in [5.41, 5.74) is 0.777. The number of benzene rings is 1. The van der Waals surface area contributed by atoms with Crippen molar-refractivity contribution >= 4 is 28.8 Å². The van der Waals surface area contributed by atoms with Crippen molar-refractivity contribution in [1.29, 1.82) is 0 Å². The first-order valence-corrected chi connectivity index (χ1v) is 9.36. The van der Waals surface area contributed by atoms with E-state index < -0.39 is 28.9 Å². The number of halogens is 2. The van der Waals surface area contributed by atoms with Crippen LogP contribution in [0.1, 0.15) is 41.6 Å². The molecular formula is C20H19F2NO3S. The van der Waals surface area contributed by atoms with Crippen LogP contribution in [0.4, 0.5) is 8.78 Å². The Hall–Kier alpha value is -2.54. The van der Waals surface area contributed by atoms with Crippen LogP contribution < -0.4 is 0 Å². The molecule has 1 aromatic carbocycles. The predicted molar refractivity (Wildman–Crippen MR) is 99.3 cm³/mol. The number of hydrogen-bond donors (Lipinski definition) is 0. The fourth-order valence-corrected chi connectivity index (χ4v) is 4.18. The van der Waals surface area contributed by atoms with Gasteiger partial charge in [-0.25, -0.2) is 13.6 Å². The Bertz CT molecular complexity index is 933. The van der Waals surface area contributed by atoms with Crippen LogP contribution in [0.5, 0.6) is 0 Å². The largest absolute Gasteiger partial charge is 0.462 e. The van der Waals surface area contributed by atoms with Crippen LogP contribution in [0.15, 0.2) is 35.8 Å². The highest BCUT2D eigenvalue weighted by Gasteiger charge is 2.35. The van der Waals surface area contributed by atoms with Crippen molar-refractivity contribution in [3.05, 3.63) is 63.5 Å². The Kier molecular flexibility index (Phi) is 5.15. The van der Waals surface area contributed by atoms with E-state index in [0.29, 0.717) is 0 Å². The topological polar surface area (TPSA) is 46.6 Å². The molecule has 0 atom stereocenters. The molecule has 7 heteroatoms. The number of carbonyl (C=O) groups excluding carboxylic acids is 2. The Balaban J connectivity index is 2.08. The third kappa shape index (κ3) is 3.64. The van der Waals surface area contributed by atoms with Crippen LogP contribution in [-0.4, -0.2) is 29.9 Å². The molecule has 1 aromatic heterocycles. The van der Waals surface area contributed by atoms with Crippen LogP contribution in [0.3, 0.4) is 0 Å². The van der Waals surface area contributed by atoms with Gasteiger partial charge in [-0.2, -0.15) is 0 Å². The maximum Gasteiger partial charge on any atom is 0.341 e. The number of hydrogen-bond acceptors (Lipinski definition) is 4. The van der Waals surface area contributed by atoms with Crippen molar-refractivity contribution in [1.82, 2.24) is 4.90 Å². The molecule has 0 N–H and O–H groups in total. The van der Waals surface area contributed by atoms with Crippen molar-refractivity contribution in [3.63, 3.8) is 0 Å². The lowest BCUT2D eigenvalue weighted by atomic mass is 9.84. The molecule has 0 spiro atoms. The number of fused-ring (bicyclic) bond motifs is 1. The lowest BCUT2D eigenvalue weighted by Crippen LogP contribution is -2.36. The minimum atomic E-state index is -1.09. The van der Waals surface area contributed by atoms with Gasteiger partial charge in [-0.05, 0) is 42.1 Å². The number of thiophene rings is 1. The fourth-order valence-electron chi connectivity index (χ4n) is 3.10. The molecule has 0 bridgehead atoms. The second kappa shape index (κ2) is 7.23. The van der Waals surface area contributed by atoms with Gasteiger partial charge in [0.25, 0.3) is 5.91 Å². The molecule has 3 rings (SSSR count). The summed E-state index contributed by atoms with van der Waals surface area (Å²) in [5.74, 6) is -3.16. The van der Waals surface area contributed by atoms with Crippen LogP contribution >= 0.6 is 11.3 Å². The van der Waals surface area contributed by atoms with Crippen molar-refractivity contribution < 1.29 is 23.1 Å². The average Bonchev–Trinajstić information content (AvgIpc) is 3.07. The van der Waals surface area contributed by atoms with E-state index in [1.54, 1.807) is 6.92 Å². The molecule has 0 aliphatic carbocycles. The zero-order valence-corrected chi connectivity index (χ0v) is 16.0. The molecule has 4 nitrogen and oxygen atoms in total. The van der Waals surface area contributed by atoms with Crippen LogP contribution in [0.2, 0.25) is 0 Å². The van der Waals surface area contributed by atoms with E-state index in [-0.39, 0.29) is 24.3 Å². The molecule has 0 fully saturated rings. The number of nitrogens with zero attached hydrogens (tertiary/aromatic N) is 1. The predicted octanol–water partition coefficient (Wildman–Crippen LogP) is 4.36. The third-order valence-corrected chi connectivity index (χ3v) is 5.36. The monoisotopic (exact) mass is 391 g/mol. The van der Waals surface area contributed by atoms with E-state index in [1.165, 1.54) is 28.5 Å². The van der Waals surface area contributed by atoms with E-state index in [4.69, 9.17) is 4.74 Å². The quantitative estimate of drug-likeness (QED) is 0.730. The first kappa shape index (κ1) is 19.2. The first-order valence-electron chi connectivity index (χ1n) is 8.48. The number of amides is 1. The fraction of sp³-hybridized carbons (Fsp3) is 0.300. The molecule has 1 amide bonds. The maximum atomic E-state index is 13.6. The molecule has 1 aliphatic heterocycles. The summed E-state index contributed by atoms with van der Waals surface area (Å²) in [5, 5.41) is 1.90. The minimum Gasteiger partial charge on any atom is -0.462 e. The Morgan fingerprint density at radius 3 is 2.63 bits per heavy atom. The summed E-state index contributed by atoms with van der Waals surface area (Å²) in [4.78, 5) is 27.6. The van der Waals surface area contributed by atoms with Gasteiger partial charge in [0.15, 0.2) is 11.6 Å². The van der Waals surface area contributed by atoms with Gasteiger partial charge in [0.1, 0.15) is 0 Å². The maximum absolute atomic E-state index is 13.6. The van der Waals surface area contributed by atoms with E-state index in [2.05, 4.69) is 0 Å². The summed E-state index contributed by atoms with van der Waals surface area (Å²) in [7, 11) is 0. The van der Waals surface area contributed by atoms with E-state index in [1.807, 2.05) is 25.3 Å². The molecule has 27 heavy (non-hydrogen) atoms. The van der Waals surface area contributed by atoms with Crippen molar-refractivity contribution in [2.75, 3.05) is 13.2 Å². The van der Waals surface area contributed by atoms with Gasteiger partial charge in [0.05, 0.1) is 12.2 Å². The van der Waals surface area contributed by atoms with E-state index in [0.717, 1.165) is 22.6 Å². The number of rotatable bonds is 3. The van der Waals surface area contributed by atoms with Crippen LogP contribution in [0.25, 0.3) is 5.57 Å². The average molecular weight is 391 g/mol. The lowest BCUT2D eigenvalue weighted by Gasteiger charge is -2.29. The summed E-state index contributed by atoms with van der Waals surface area (Å²) >= 11 is 1.40. The Labute approximate surface area is 160 Å². The Morgan fingerprint density at radius 2 is 1.96 bits per heavy atom. The molecule has 1 aliphatic rings. The van der Waals surface area contributed by atoms with Crippen molar-refractivity contribution in [2.24, 2.45) is 0 Å². The minimum absolute atomic E-state index is 0.00872. The second-order valence-electron chi connectivity index (χ2n) is 6.87. The molecule has 2 heterocycles. The van der Waals surface area contributed by atoms with E-state index in [9.17, 15) is 18.4 Å². The second-order valence-corrected chi connectivity index (χ2v) is 7.79. The zero-order valence-electron chi connectivity index (χ0n) is 15.2. The molecule has 2 aromatic rings. The highest BCUT2D eigenvalue weighted by Crippen LogP contribution is 2.39. The Morgan fingerprint density at radius 1 is 1.22 bits per heavy atom. The lowest BCUT2D eigenvalue weighted by molar-refractivity contribution is -0.136. The van der Waals surface area contributed by atoms with Crippen LogP contribution in [0, 0.1) is 11.6 Å². The third-order valence-electron chi connectivity index (χ3n) is 4.41. The highest BCUT2D eigenvalue weighted by molar-refractivity contribution is 7.11. The van der Waals surface area contributed by atoms with Crippen molar-refractivity contribution in [3.8, 4) is 0 Å². The van der Waals surface area contributed by atoms with Gasteiger partial charge in [0.2, 0.25) is 0 Å². The molecule has 0 saturated carbocycles. The number of ether oxygens (including phenoxy) is 1. The molecule has 0 radical (unpaired) electrons. The van der Waals surface area contributed by atoms with Gasteiger partial charge in [-0.15, -0.1) is 11.3 Å². The SMILES string of the molecule is CCOC(=O)C1=CN(C(=O)c2ccc(F)c(F)c2)CC(C)(C)c2ccsc21. The van der Waals surface area contributed by atoms with Crippen LogP contribution in [-0.2, 0) is 14.9 Å². The van der Waals surface area contributed by atoms with Gasteiger partial charge < -0.3 is 9.64 Å². The molecule has 0 saturated heterocycles. The normalized spacial score (nSPS) is 15.6. The summed E-state index contributed by atoms with van der Waals surface area (Å²) in [6.07, 6.45) is 1.45. The smallest absolute Gasteiger partial charge is 0.341 e. The molecular weight excluding hydrogens is 372 g/mol. The first-order chi connectivity index (χ1) is 12.7. The molecule has 142 valence electrons. The number of carbonyl (C=O) groups is 2. The van der Waals surface area contributed by atoms with Gasteiger partial charge in [-0.3, -0.25) is 4.79 Å².